The van der Waals surface area contributed by atoms with E-state index in [0.717, 1.165) is 34.4 Å². The molecule has 0 bridgehead atoms. The van der Waals surface area contributed by atoms with Gasteiger partial charge in [-0.25, -0.2) is 0 Å². The van der Waals surface area contributed by atoms with Crippen molar-refractivity contribution < 1.29 is 0 Å². The predicted octanol–water partition coefficient (Wildman–Crippen LogP) is 6.50. The van der Waals surface area contributed by atoms with Crippen molar-refractivity contribution in [1.29, 1.82) is 0 Å². The first-order valence-corrected chi connectivity index (χ1v) is 10.0. The third-order valence-electron chi connectivity index (χ3n) is 5.30. The highest BCUT2D eigenvalue weighted by atomic mass is 15.1. The second kappa shape index (κ2) is 7.86. The smallest absolute Gasteiger partial charge is 0.0962 e. The fourth-order valence-corrected chi connectivity index (χ4v) is 3.54. The molecule has 4 heteroatoms. The van der Waals surface area contributed by atoms with E-state index in [1.807, 2.05) is 13.0 Å². The molecule has 0 unspecified atom stereocenters. The summed E-state index contributed by atoms with van der Waals surface area (Å²) in [5, 5.41) is 10.3. The zero-order valence-corrected chi connectivity index (χ0v) is 18.3. The number of rotatable bonds is 5. The van der Waals surface area contributed by atoms with E-state index in [4.69, 9.17) is 0 Å². The zero-order chi connectivity index (χ0) is 21.2. The summed E-state index contributed by atoms with van der Waals surface area (Å²) in [5.74, 6) is 0. The lowest BCUT2D eigenvalue weighted by atomic mass is 9.78. The molecule has 0 fully saturated rings. The number of nitrogens with zero attached hydrogens (tertiary/aromatic N) is 4. The minimum Gasteiger partial charge on any atom is -0.262 e. The van der Waals surface area contributed by atoms with Gasteiger partial charge in [-0.05, 0) is 54.8 Å². The third-order valence-corrected chi connectivity index (χ3v) is 5.30. The van der Waals surface area contributed by atoms with Gasteiger partial charge in [-0.3, -0.25) is 9.98 Å². The Bertz CT molecular complexity index is 1070. The van der Waals surface area contributed by atoms with E-state index in [9.17, 15) is 0 Å². The number of benzene rings is 2. The van der Waals surface area contributed by atoms with Crippen LogP contribution in [0.5, 0.6) is 0 Å². The Morgan fingerprint density at radius 2 is 1.72 bits per heavy atom. The molecule has 0 saturated heterocycles. The van der Waals surface area contributed by atoms with E-state index < -0.39 is 0 Å². The van der Waals surface area contributed by atoms with Gasteiger partial charge in [0.25, 0.3) is 0 Å². The number of fused-ring (bicyclic) bond motifs is 1. The maximum absolute atomic E-state index is 4.60. The number of aromatic nitrogens is 2. The van der Waals surface area contributed by atoms with Crippen molar-refractivity contribution >= 4 is 35.2 Å². The standard InChI is InChI=1S/C25H30N4/c1-8-27-21-15-19(12-13-20(21)26-7)25(5,6)16-18-11-9-10-17-14-22(24(2,3)4)28-29-23(17)18/h8-15H,7,16H2,1-6H3/b27-8-. The van der Waals surface area contributed by atoms with Gasteiger partial charge < -0.3 is 0 Å². The van der Waals surface area contributed by atoms with Crippen LogP contribution in [0.15, 0.2) is 52.4 Å². The summed E-state index contributed by atoms with van der Waals surface area (Å²) < 4.78 is 0. The molecular weight excluding hydrogens is 356 g/mol. The van der Waals surface area contributed by atoms with Gasteiger partial charge in [0.05, 0.1) is 22.6 Å². The van der Waals surface area contributed by atoms with Gasteiger partial charge in [-0.15, -0.1) is 5.10 Å². The average molecular weight is 387 g/mol. The summed E-state index contributed by atoms with van der Waals surface area (Å²) >= 11 is 0. The van der Waals surface area contributed by atoms with E-state index >= 15 is 0 Å². The van der Waals surface area contributed by atoms with Gasteiger partial charge in [0.15, 0.2) is 0 Å². The molecule has 2 aromatic carbocycles. The topological polar surface area (TPSA) is 50.5 Å². The van der Waals surface area contributed by atoms with Crippen molar-refractivity contribution in [3.8, 4) is 0 Å². The highest BCUT2D eigenvalue weighted by Crippen LogP contribution is 2.36. The van der Waals surface area contributed by atoms with Crippen molar-refractivity contribution in [2.45, 2.75) is 58.8 Å². The normalized spacial score (nSPS) is 12.6. The fourth-order valence-electron chi connectivity index (χ4n) is 3.54. The molecule has 29 heavy (non-hydrogen) atoms. The first kappa shape index (κ1) is 20.8. The zero-order valence-electron chi connectivity index (χ0n) is 18.3. The van der Waals surface area contributed by atoms with Crippen molar-refractivity contribution in [2.75, 3.05) is 0 Å². The Balaban J connectivity index is 2.01. The third kappa shape index (κ3) is 4.42. The Morgan fingerprint density at radius 3 is 2.38 bits per heavy atom. The van der Waals surface area contributed by atoms with Gasteiger partial charge in [0.2, 0.25) is 0 Å². The molecule has 0 radical (unpaired) electrons. The molecule has 3 rings (SSSR count). The molecule has 0 saturated carbocycles. The molecule has 1 aromatic heterocycles. The number of hydrogen-bond donors (Lipinski definition) is 0. The van der Waals surface area contributed by atoms with Crippen LogP contribution in [0.1, 0.15) is 58.4 Å². The lowest BCUT2D eigenvalue weighted by Crippen LogP contribution is -2.21. The molecule has 0 aliphatic carbocycles. The SMILES string of the molecule is C=Nc1ccc(C(C)(C)Cc2cccc3cc(C(C)(C)C)nnc23)cc1/N=C\C. The van der Waals surface area contributed by atoms with Crippen LogP contribution in [0.2, 0.25) is 0 Å². The van der Waals surface area contributed by atoms with Crippen LogP contribution in [-0.4, -0.2) is 23.1 Å². The molecule has 4 nitrogen and oxygen atoms in total. The molecule has 0 atom stereocenters. The van der Waals surface area contributed by atoms with Crippen LogP contribution < -0.4 is 0 Å². The number of aliphatic imine (C=N–C) groups is 2. The van der Waals surface area contributed by atoms with E-state index in [2.05, 4.69) is 97.9 Å². The minimum absolute atomic E-state index is 0.0202. The van der Waals surface area contributed by atoms with Gasteiger partial charge in [-0.2, -0.15) is 5.10 Å². The fraction of sp³-hybridized carbons (Fsp3) is 0.360. The lowest BCUT2D eigenvalue weighted by Gasteiger charge is -2.26. The van der Waals surface area contributed by atoms with Crippen LogP contribution in [0.25, 0.3) is 10.9 Å². The summed E-state index contributed by atoms with van der Waals surface area (Å²) in [6.07, 6.45) is 2.64. The highest BCUT2D eigenvalue weighted by Gasteiger charge is 2.24. The molecule has 0 aliphatic rings. The maximum atomic E-state index is 4.60. The van der Waals surface area contributed by atoms with Gasteiger partial charge in [0, 0.05) is 17.0 Å². The Hall–Kier alpha value is -2.88. The van der Waals surface area contributed by atoms with Crippen molar-refractivity contribution in [3.63, 3.8) is 0 Å². The van der Waals surface area contributed by atoms with E-state index in [-0.39, 0.29) is 10.8 Å². The molecular formula is C25H30N4. The summed E-state index contributed by atoms with van der Waals surface area (Å²) in [6, 6.07) is 14.8. The molecule has 0 N–H and O–H groups in total. The lowest BCUT2D eigenvalue weighted by molar-refractivity contribution is 0.523. The maximum Gasteiger partial charge on any atom is 0.0962 e. The minimum atomic E-state index is -0.101. The molecule has 0 amide bonds. The summed E-state index contributed by atoms with van der Waals surface area (Å²) in [5.41, 5.74) is 5.92. The van der Waals surface area contributed by atoms with Crippen LogP contribution in [-0.2, 0) is 17.3 Å². The van der Waals surface area contributed by atoms with Crippen LogP contribution >= 0.6 is 0 Å². The Morgan fingerprint density at radius 1 is 0.966 bits per heavy atom. The van der Waals surface area contributed by atoms with Crippen molar-refractivity contribution in [2.24, 2.45) is 9.98 Å². The second-order valence-corrected chi connectivity index (χ2v) is 9.14. The predicted molar refractivity (Wildman–Crippen MR) is 124 cm³/mol. The van der Waals surface area contributed by atoms with Gasteiger partial charge >= 0.3 is 0 Å². The second-order valence-electron chi connectivity index (χ2n) is 9.14. The highest BCUT2D eigenvalue weighted by molar-refractivity contribution is 5.82. The number of hydrogen-bond acceptors (Lipinski definition) is 4. The van der Waals surface area contributed by atoms with Crippen LogP contribution in [0, 0.1) is 0 Å². The molecule has 0 aliphatic heterocycles. The van der Waals surface area contributed by atoms with Gasteiger partial charge in [0.1, 0.15) is 0 Å². The first-order valence-electron chi connectivity index (χ1n) is 10.0. The van der Waals surface area contributed by atoms with Crippen molar-refractivity contribution in [3.05, 3.63) is 59.3 Å². The first-order chi connectivity index (χ1) is 13.7. The molecule has 3 aromatic rings. The van der Waals surface area contributed by atoms with E-state index in [0.29, 0.717) is 0 Å². The van der Waals surface area contributed by atoms with Gasteiger partial charge in [-0.1, -0.05) is 58.9 Å². The van der Waals surface area contributed by atoms with Crippen LogP contribution in [0.3, 0.4) is 0 Å². The molecule has 0 spiro atoms. The van der Waals surface area contributed by atoms with Crippen LogP contribution in [0.4, 0.5) is 11.4 Å². The summed E-state index contributed by atoms with van der Waals surface area (Å²) in [6.45, 7) is 16.5. The summed E-state index contributed by atoms with van der Waals surface area (Å²) in [4.78, 5) is 8.54. The molecule has 1 heterocycles. The van der Waals surface area contributed by atoms with E-state index in [1.54, 1.807) is 6.21 Å². The summed E-state index contributed by atoms with van der Waals surface area (Å²) in [7, 11) is 0. The Kier molecular flexibility index (Phi) is 5.65. The monoisotopic (exact) mass is 386 g/mol. The van der Waals surface area contributed by atoms with E-state index in [1.165, 1.54) is 11.1 Å². The van der Waals surface area contributed by atoms with Crippen molar-refractivity contribution in [1.82, 2.24) is 10.2 Å². The average Bonchev–Trinajstić information content (AvgIpc) is 2.67. The largest absolute Gasteiger partial charge is 0.262 e. The Labute approximate surface area is 173 Å². The molecule has 150 valence electrons. The quantitative estimate of drug-likeness (QED) is 0.470.